The molecule has 0 fully saturated rings. The fraction of sp³-hybridized carbons (Fsp3) is 0.417. The third kappa shape index (κ3) is 3.01. The van der Waals surface area contributed by atoms with Crippen LogP contribution in [0.1, 0.15) is 40.1 Å². The number of alkyl halides is 1. The van der Waals surface area contributed by atoms with Gasteiger partial charge in [0.2, 0.25) is 0 Å². The number of aromatic nitrogens is 3. The average molecular weight is 268 g/mol. The molecule has 0 aliphatic carbocycles. The molecule has 2 aromatic heterocycles. The molecule has 2 heterocycles. The second kappa shape index (κ2) is 5.10. The molecule has 3 nitrogen and oxygen atoms in total. The number of hydrogen-bond donors (Lipinski definition) is 0. The molecule has 0 aliphatic rings. The third-order valence-electron chi connectivity index (χ3n) is 2.47. The van der Waals surface area contributed by atoms with Gasteiger partial charge in [0.05, 0.1) is 11.8 Å². The van der Waals surface area contributed by atoms with Crippen molar-refractivity contribution in [2.24, 2.45) is 0 Å². The molecule has 0 amide bonds. The van der Waals surface area contributed by atoms with Crippen LogP contribution < -0.4 is 0 Å². The maximum atomic E-state index is 6.03. The maximum absolute atomic E-state index is 6.03. The highest BCUT2D eigenvalue weighted by Gasteiger charge is 2.09. The summed E-state index contributed by atoms with van der Waals surface area (Å²) in [5, 5.41) is 3.04. The Balaban J connectivity index is 2.20. The summed E-state index contributed by atoms with van der Waals surface area (Å²) in [5.41, 5.74) is 2.99. The van der Waals surface area contributed by atoms with Gasteiger partial charge in [0, 0.05) is 28.5 Å². The van der Waals surface area contributed by atoms with Crippen LogP contribution in [-0.2, 0) is 6.42 Å². The van der Waals surface area contributed by atoms with Gasteiger partial charge in [0.25, 0.3) is 0 Å². The zero-order valence-corrected chi connectivity index (χ0v) is 11.6. The highest BCUT2D eigenvalue weighted by molar-refractivity contribution is 7.09. The summed E-state index contributed by atoms with van der Waals surface area (Å²) in [4.78, 5) is 13.2. The van der Waals surface area contributed by atoms with E-state index < -0.39 is 0 Å². The predicted molar refractivity (Wildman–Crippen MR) is 70.7 cm³/mol. The van der Waals surface area contributed by atoms with Crippen molar-refractivity contribution in [1.29, 1.82) is 0 Å². The molecule has 0 bridgehead atoms. The van der Waals surface area contributed by atoms with Crippen LogP contribution in [0.3, 0.4) is 0 Å². The monoisotopic (exact) mass is 267 g/mol. The lowest BCUT2D eigenvalue weighted by molar-refractivity contribution is 0.888. The van der Waals surface area contributed by atoms with E-state index in [2.05, 4.69) is 15.0 Å². The summed E-state index contributed by atoms with van der Waals surface area (Å²) in [5.74, 6) is 0.804. The fourth-order valence-electron chi connectivity index (χ4n) is 1.62. The van der Waals surface area contributed by atoms with Crippen LogP contribution in [0.25, 0.3) is 0 Å². The summed E-state index contributed by atoms with van der Waals surface area (Å²) in [7, 11) is 0. The first-order chi connectivity index (χ1) is 8.06. The van der Waals surface area contributed by atoms with Crippen LogP contribution in [0.4, 0.5) is 0 Å². The number of hydrogen-bond acceptors (Lipinski definition) is 4. The Bertz CT molecular complexity index is 522. The zero-order valence-electron chi connectivity index (χ0n) is 10.1. The minimum Gasteiger partial charge on any atom is -0.246 e. The number of thiazole rings is 1. The van der Waals surface area contributed by atoms with Gasteiger partial charge in [-0.2, -0.15) is 0 Å². The Kier molecular flexibility index (Phi) is 3.74. The molecular weight excluding hydrogens is 254 g/mol. The van der Waals surface area contributed by atoms with E-state index in [-0.39, 0.29) is 5.38 Å². The molecule has 2 aromatic rings. The molecule has 0 spiro atoms. The topological polar surface area (TPSA) is 38.7 Å². The second-order valence-electron chi connectivity index (χ2n) is 4.00. The van der Waals surface area contributed by atoms with Crippen LogP contribution in [0.15, 0.2) is 11.6 Å². The number of nitrogens with zero attached hydrogens (tertiary/aromatic N) is 3. The van der Waals surface area contributed by atoms with Crippen molar-refractivity contribution in [3.05, 3.63) is 39.4 Å². The molecular formula is C12H14ClN3S. The molecule has 5 heteroatoms. The van der Waals surface area contributed by atoms with E-state index in [1.54, 1.807) is 11.3 Å². The van der Waals surface area contributed by atoms with Crippen molar-refractivity contribution in [2.45, 2.75) is 32.6 Å². The maximum Gasteiger partial charge on any atom is 0.135 e. The highest BCUT2D eigenvalue weighted by Crippen LogP contribution is 2.21. The van der Waals surface area contributed by atoms with E-state index in [4.69, 9.17) is 11.6 Å². The van der Waals surface area contributed by atoms with Gasteiger partial charge in [0.15, 0.2) is 0 Å². The van der Waals surface area contributed by atoms with Gasteiger partial charge in [-0.05, 0) is 20.8 Å². The van der Waals surface area contributed by atoms with Crippen molar-refractivity contribution < 1.29 is 0 Å². The molecule has 1 atom stereocenters. The minimum absolute atomic E-state index is 0.0499. The summed E-state index contributed by atoms with van der Waals surface area (Å²) in [6, 6.07) is 0. The zero-order chi connectivity index (χ0) is 12.4. The summed E-state index contributed by atoms with van der Waals surface area (Å²) in [6.07, 6.45) is 2.51. The van der Waals surface area contributed by atoms with Crippen LogP contribution in [0.2, 0.25) is 0 Å². The Morgan fingerprint density at radius 3 is 2.65 bits per heavy atom. The summed E-state index contributed by atoms with van der Waals surface area (Å²) >= 11 is 7.68. The van der Waals surface area contributed by atoms with Crippen LogP contribution in [0.5, 0.6) is 0 Å². The van der Waals surface area contributed by atoms with E-state index in [1.807, 2.05) is 32.3 Å². The lowest BCUT2D eigenvalue weighted by atomic mass is 10.2. The van der Waals surface area contributed by atoms with Gasteiger partial charge in [0.1, 0.15) is 10.8 Å². The van der Waals surface area contributed by atoms with E-state index >= 15 is 0 Å². The Morgan fingerprint density at radius 2 is 2.12 bits per heavy atom. The molecule has 0 saturated heterocycles. The Hall–Kier alpha value is -1.00. The van der Waals surface area contributed by atoms with E-state index in [9.17, 15) is 0 Å². The normalized spacial score (nSPS) is 12.7. The van der Waals surface area contributed by atoms with E-state index in [0.717, 1.165) is 27.8 Å². The smallest absolute Gasteiger partial charge is 0.135 e. The standard InChI is InChI=1S/C12H14ClN3S/c1-7-6-17-12(15-7)4-11-14-5-10(8(2)13)9(3)16-11/h5-6,8H,4H2,1-3H3. The average Bonchev–Trinajstić information content (AvgIpc) is 2.63. The van der Waals surface area contributed by atoms with Gasteiger partial charge < -0.3 is 0 Å². The Labute approximate surface area is 110 Å². The van der Waals surface area contributed by atoms with Crippen molar-refractivity contribution in [2.75, 3.05) is 0 Å². The van der Waals surface area contributed by atoms with Crippen molar-refractivity contribution >= 4 is 22.9 Å². The molecule has 0 radical (unpaired) electrons. The molecule has 0 aliphatic heterocycles. The Morgan fingerprint density at radius 1 is 1.35 bits per heavy atom. The van der Waals surface area contributed by atoms with Crippen molar-refractivity contribution in [3.8, 4) is 0 Å². The molecule has 0 saturated carbocycles. The minimum atomic E-state index is -0.0499. The molecule has 1 unspecified atom stereocenters. The molecule has 2 rings (SSSR count). The van der Waals surface area contributed by atoms with E-state index in [0.29, 0.717) is 6.42 Å². The van der Waals surface area contributed by atoms with E-state index in [1.165, 1.54) is 0 Å². The predicted octanol–water partition coefficient (Wildman–Crippen LogP) is 3.44. The van der Waals surface area contributed by atoms with Gasteiger partial charge in [-0.25, -0.2) is 15.0 Å². The number of halogens is 1. The molecule has 0 N–H and O–H groups in total. The van der Waals surface area contributed by atoms with Gasteiger partial charge >= 0.3 is 0 Å². The van der Waals surface area contributed by atoms with Crippen molar-refractivity contribution in [1.82, 2.24) is 15.0 Å². The first-order valence-electron chi connectivity index (χ1n) is 5.43. The first-order valence-corrected chi connectivity index (χ1v) is 6.75. The van der Waals surface area contributed by atoms with Crippen LogP contribution in [0, 0.1) is 13.8 Å². The van der Waals surface area contributed by atoms with Crippen LogP contribution in [-0.4, -0.2) is 15.0 Å². The van der Waals surface area contributed by atoms with Crippen molar-refractivity contribution in [3.63, 3.8) is 0 Å². The lowest BCUT2D eigenvalue weighted by Crippen LogP contribution is -2.02. The SMILES string of the molecule is Cc1csc(Cc2ncc(C(C)Cl)c(C)n2)n1. The summed E-state index contributed by atoms with van der Waals surface area (Å²) < 4.78 is 0. The molecule has 90 valence electrons. The first kappa shape index (κ1) is 12.5. The van der Waals surface area contributed by atoms with Gasteiger partial charge in [-0.1, -0.05) is 0 Å². The highest BCUT2D eigenvalue weighted by atomic mass is 35.5. The van der Waals surface area contributed by atoms with Gasteiger partial charge in [-0.15, -0.1) is 22.9 Å². The summed E-state index contributed by atoms with van der Waals surface area (Å²) in [6.45, 7) is 5.88. The number of rotatable bonds is 3. The lowest BCUT2D eigenvalue weighted by Gasteiger charge is -2.07. The fourth-order valence-corrected chi connectivity index (χ4v) is 2.60. The van der Waals surface area contributed by atoms with Gasteiger partial charge in [-0.3, -0.25) is 0 Å². The molecule has 0 aromatic carbocycles. The number of aryl methyl sites for hydroxylation is 2. The van der Waals surface area contributed by atoms with Crippen LogP contribution >= 0.6 is 22.9 Å². The second-order valence-corrected chi connectivity index (χ2v) is 5.60. The third-order valence-corrected chi connectivity index (χ3v) is 3.67. The molecule has 17 heavy (non-hydrogen) atoms. The quantitative estimate of drug-likeness (QED) is 0.800. The largest absolute Gasteiger partial charge is 0.246 e.